The highest BCUT2D eigenvalue weighted by Crippen LogP contribution is 2.10. The zero-order chi connectivity index (χ0) is 12.8. The predicted molar refractivity (Wildman–Crippen MR) is 68.4 cm³/mol. The van der Waals surface area contributed by atoms with E-state index in [9.17, 15) is 0 Å². The van der Waals surface area contributed by atoms with Crippen molar-refractivity contribution in [2.24, 2.45) is 5.73 Å². The van der Waals surface area contributed by atoms with E-state index in [-0.39, 0.29) is 0 Å². The summed E-state index contributed by atoms with van der Waals surface area (Å²) in [5.74, 6) is 0.503. The number of anilines is 1. The van der Waals surface area contributed by atoms with Crippen molar-refractivity contribution in [3.05, 3.63) is 53.5 Å². The first-order chi connectivity index (χ1) is 8.83. The minimum atomic E-state index is 0.302. The quantitative estimate of drug-likeness (QED) is 0.842. The Labute approximate surface area is 105 Å². The van der Waals surface area contributed by atoms with Gasteiger partial charge in [-0.15, -0.1) is 0 Å². The van der Waals surface area contributed by atoms with E-state index in [2.05, 4.69) is 15.3 Å². The van der Waals surface area contributed by atoms with Crippen LogP contribution in [0.15, 0.2) is 36.7 Å². The maximum atomic E-state index is 8.88. The Kier molecular flexibility index (Phi) is 3.84. The maximum absolute atomic E-state index is 8.88. The highest BCUT2D eigenvalue weighted by molar-refractivity contribution is 5.47. The van der Waals surface area contributed by atoms with E-state index in [1.807, 2.05) is 30.3 Å². The summed E-state index contributed by atoms with van der Waals surface area (Å²) in [4.78, 5) is 8.02. The molecule has 0 aliphatic heterocycles. The fourth-order valence-corrected chi connectivity index (χ4v) is 1.53. The summed E-state index contributed by atoms with van der Waals surface area (Å²) in [5, 5.41) is 12.0. The first kappa shape index (κ1) is 12.0. The van der Waals surface area contributed by atoms with Crippen LogP contribution >= 0.6 is 0 Å². The van der Waals surface area contributed by atoms with Crippen molar-refractivity contribution in [2.75, 3.05) is 5.32 Å². The Bertz CT molecular complexity index is 556. The van der Waals surface area contributed by atoms with E-state index in [0.29, 0.717) is 24.6 Å². The standard InChI is InChI=1S/C13H13N5/c14-7-10-1-3-11(4-2-10)9-18-13-12(8-15)16-5-6-17-13/h1-6H,7,9,14H2,(H,17,18). The van der Waals surface area contributed by atoms with E-state index in [1.54, 1.807) is 6.20 Å². The van der Waals surface area contributed by atoms with Crippen molar-refractivity contribution in [3.63, 3.8) is 0 Å². The number of hydrogen-bond donors (Lipinski definition) is 2. The molecule has 0 saturated heterocycles. The van der Waals surface area contributed by atoms with E-state index in [1.165, 1.54) is 6.20 Å². The molecule has 0 unspecified atom stereocenters. The van der Waals surface area contributed by atoms with Crippen LogP contribution < -0.4 is 11.1 Å². The second-order valence-corrected chi connectivity index (χ2v) is 3.74. The van der Waals surface area contributed by atoms with Gasteiger partial charge in [-0.05, 0) is 11.1 Å². The normalized spacial score (nSPS) is 9.78. The first-order valence-corrected chi connectivity index (χ1v) is 5.56. The summed E-state index contributed by atoms with van der Waals surface area (Å²) in [6.45, 7) is 1.13. The molecule has 0 aliphatic carbocycles. The third kappa shape index (κ3) is 2.81. The second-order valence-electron chi connectivity index (χ2n) is 3.74. The van der Waals surface area contributed by atoms with Crippen molar-refractivity contribution >= 4 is 5.82 Å². The molecule has 0 amide bonds. The molecule has 5 nitrogen and oxygen atoms in total. The van der Waals surface area contributed by atoms with Gasteiger partial charge in [-0.3, -0.25) is 0 Å². The van der Waals surface area contributed by atoms with Crippen molar-refractivity contribution in [1.82, 2.24) is 9.97 Å². The lowest BCUT2D eigenvalue weighted by Gasteiger charge is -2.06. The molecule has 0 radical (unpaired) electrons. The largest absolute Gasteiger partial charge is 0.364 e. The molecule has 2 rings (SSSR count). The van der Waals surface area contributed by atoms with Crippen LogP contribution in [-0.2, 0) is 13.1 Å². The van der Waals surface area contributed by atoms with Crippen molar-refractivity contribution < 1.29 is 0 Å². The molecule has 0 fully saturated rings. The number of benzene rings is 1. The molecule has 0 bridgehead atoms. The summed E-state index contributed by atoms with van der Waals surface area (Å²) in [5.41, 5.74) is 8.03. The Morgan fingerprint density at radius 3 is 2.44 bits per heavy atom. The number of hydrogen-bond acceptors (Lipinski definition) is 5. The predicted octanol–water partition coefficient (Wildman–Crippen LogP) is 1.42. The number of nitriles is 1. The third-order valence-corrected chi connectivity index (χ3v) is 2.52. The van der Waals surface area contributed by atoms with Crippen molar-refractivity contribution in [3.8, 4) is 6.07 Å². The van der Waals surface area contributed by atoms with Crippen LogP contribution in [0, 0.1) is 11.3 Å². The summed E-state index contributed by atoms with van der Waals surface area (Å²) in [7, 11) is 0. The zero-order valence-electron chi connectivity index (χ0n) is 9.80. The highest BCUT2D eigenvalue weighted by atomic mass is 15.0. The lowest BCUT2D eigenvalue weighted by atomic mass is 10.1. The fourth-order valence-electron chi connectivity index (χ4n) is 1.53. The summed E-state index contributed by atoms with van der Waals surface area (Å²) < 4.78 is 0. The van der Waals surface area contributed by atoms with Gasteiger partial charge in [0.2, 0.25) is 0 Å². The van der Waals surface area contributed by atoms with Crippen molar-refractivity contribution in [2.45, 2.75) is 13.1 Å². The van der Waals surface area contributed by atoms with Crippen LogP contribution in [-0.4, -0.2) is 9.97 Å². The molecule has 0 aliphatic rings. The van der Waals surface area contributed by atoms with E-state index >= 15 is 0 Å². The number of nitrogens with zero attached hydrogens (tertiary/aromatic N) is 3. The van der Waals surface area contributed by atoms with Gasteiger partial charge in [0.05, 0.1) is 0 Å². The first-order valence-electron chi connectivity index (χ1n) is 5.56. The number of aromatic nitrogens is 2. The number of rotatable bonds is 4. The highest BCUT2D eigenvalue weighted by Gasteiger charge is 2.03. The topological polar surface area (TPSA) is 87.6 Å². The summed E-state index contributed by atoms with van der Waals surface area (Å²) in [6, 6.07) is 9.96. The molecule has 0 spiro atoms. The zero-order valence-corrected chi connectivity index (χ0v) is 9.80. The minimum absolute atomic E-state index is 0.302. The Hall–Kier alpha value is -2.45. The molecule has 0 atom stereocenters. The molecule has 1 aromatic carbocycles. The molecule has 1 aromatic heterocycles. The van der Waals surface area contributed by atoms with Gasteiger partial charge in [0.25, 0.3) is 0 Å². The van der Waals surface area contributed by atoms with E-state index in [0.717, 1.165) is 11.1 Å². The average Bonchev–Trinajstić information content (AvgIpc) is 2.46. The molecule has 3 N–H and O–H groups in total. The van der Waals surface area contributed by atoms with E-state index < -0.39 is 0 Å². The Morgan fingerprint density at radius 1 is 1.11 bits per heavy atom. The van der Waals surface area contributed by atoms with Crippen LogP contribution in [0.1, 0.15) is 16.8 Å². The molecule has 18 heavy (non-hydrogen) atoms. The van der Waals surface area contributed by atoms with E-state index in [4.69, 9.17) is 11.0 Å². The molecule has 5 heteroatoms. The van der Waals surface area contributed by atoms with Gasteiger partial charge in [0.1, 0.15) is 6.07 Å². The van der Waals surface area contributed by atoms with Gasteiger partial charge in [0, 0.05) is 25.5 Å². The van der Waals surface area contributed by atoms with Gasteiger partial charge < -0.3 is 11.1 Å². The smallest absolute Gasteiger partial charge is 0.182 e. The van der Waals surface area contributed by atoms with Crippen LogP contribution in [0.2, 0.25) is 0 Å². The van der Waals surface area contributed by atoms with Gasteiger partial charge in [-0.2, -0.15) is 5.26 Å². The molecular weight excluding hydrogens is 226 g/mol. The van der Waals surface area contributed by atoms with Crippen LogP contribution in [0.25, 0.3) is 0 Å². The monoisotopic (exact) mass is 239 g/mol. The van der Waals surface area contributed by atoms with Gasteiger partial charge in [0.15, 0.2) is 11.5 Å². The van der Waals surface area contributed by atoms with Crippen molar-refractivity contribution in [1.29, 1.82) is 5.26 Å². The molecular formula is C13H13N5. The lowest BCUT2D eigenvalue weighted by Crippen LogP contribution is -2.04. The van der Waals surface area contributed by atoms with Crippen LogP contribution in [0.4, 0.5) is 5.82 Å². The molecule has 2 aromatic rings. The summed E-state index contributed by atoms with van der Waals surface area (Å²) >= 11 is 0. The van der Waals surface area contributed by atoms with Gasteiger partial charge in [-0.1, -0.05) is 24.3 Å². The average molecular weight is 239 g/mol. The lowest BCUT2D eigenvalue weighted by molar-refractivity contribution is 1.05. The molecule has 0 saturated carbocycles. The van der Waals surface area contributed by atoms with Gasteiger partial charge >= 0.3 is 0 Å². The number of nitrogens with one attached hydrogen (secondary N) is 1. The second kappa shape index (κ2) is 5.75. The minimum Gasteiger partial charge on any atom is -0.364 e. The molecule has 90 valence electrons. The number of nitrogens with two attached hydrogens (primary N) is 1. The van der Waals surface area contributed by atoms with Gasteiger partial charge in [-0.25, -0.2) is 9.97 Å². The van der Waals surface area contributed by atoms with Crippen LogP contribution in [0.3, 0.4) is 0 Å². The Morgan fingerprint density at radius 2 is 1.78 bits per heavy atom. The summed E-state index contributed by atoms with van der Waals surface area (Å²) in [6.07, 6.45) is 3.06. The fraction of sp³-hybridized carbons (Fsp3) is 0.154. The third-order valence-electron chi connectivity index (χ3n) is 2.52. The molecule has 1 heterocycles. The SMILES string of the molecule is N#Cc1nccnc1NCc1ccc(CN)cc1. The van der Waals surface area contributed by atoms with Crippen LogP contribution in [0.5, 0.6) is 0 Å². The maximum Gasteiger partial charge on any atom is 0.182 e. The Balaban J connectivity index is 2.05.